The maximum atomic E-state index is 13.6. The first-order chi connectivity index (χ1) is 9.75. The smallest absolute Gasteiger partial charge is 0.254 e. The summed E-state index contributed by atoms with van der Waals surface area (Å²) in [6, 6.07) is 14.2. The van der Waals surface area contributed by atoms with E-state index in [-0.39, 0.29) is 17.5 Å². The number of hydrogen-bond acceptors (Lipinski definition) is 1. The van der Waals surface area contributed by atoms with Gasteiger partial charge in [-0.3, -0.25) is 4.79 Å². The number of fused-ring (bicyclic) bond motifs is 1. The van der Waals surface area contributed by atoms with Crippen LogP contribution in [0.1, 0.15) is 40.4 Å². The molecule has 0 saturated heterocycles. The minimum atomic E-state index is -0.478. The van der Waals surface area contributed by atoms with Crippen molar-refractivity contribution in [3.05, 3.63) is 71.0 Å². The summed E-state index contributed by atoms with van der Waals surface area (Å²) in [5.74, 6) is -0.820. The van der Waals surface area contributed by atoms with Crippen LogP contribution in [0.2, 0.25) is 0 Å². The van der Waals surface area contributed by atoms with Gasteiger partial charge in [0, 0.05) is 0 Å². The quantitative estimate of drug-likeness (QED) is 0.886. The van der Waals surface area contributed by atoms with Crippen molar-refractivity contribution in [2.24, 2.45) is 0 Å². The molecule has 0 aromatic heterocycles. The third kappa shape index (κ3) is 2.44. The maximum absolute atomic E-state index is 13.6. The molecule has 1 unspecified atom stereocenters. The molecule has 1 amide bonds. The lowest BCUT2D eigenvalue weighted by atomic mass is 9.87. The number of hydrogen-bond donors (Lipinski definition) is 1. The molecule has 0 aliphatic heterocycles. The lowest BCUT2D eigenvalue weighted by Crippen LogP contribution is -2.31. The van der Waals surface area contributed by atoms with E-state index in [9.17, 15) is 9.18 Å². The highest BCUT2D eigenvalue weighted by molar-refractivity contribution is 5.94. The molecule has 0 fully saturated rings. The van der Waals surface area contributed by atoms with Gasteiger partial charge >= 0.3 is 0 Å². The van der Waals surface area contributed by atoms with Gasteiger partial charge in [0.05, 0.1) is 11.6 Å². The Morgan fingerprint density at radius 1 is 1.10 bits per heavy atom. The summed E-state index contributed by atoms with van der Waals surface area (Å²) in [5, 5.41) is 2.95. The Hall–Kier alpha value is -2.16. The Balaban J connectivity index is 1.83. The number of benzene rings is 2. The van der Waals surface area contributed by atoms with E-state index in [0.717, 1.165) is 24.8 Å². The van der Waals surface area contributed by atoms with Crippen molar-refractivity contribution >= 4 is 5.91 Å². The molecule has 102 valence electrons. The molecule has 2 aromatic carbocycles. The van der Waals surface area contributed by atoms with Gasteiger partial charge in [-0.2, -0.15) is 0 Å². The SMILES string of the molecule is O=C(NC1CCCc2ccccc21)c1ccccc1F. The summed E-state index contributed by atoms with van der Waals surface area (Å²) in [6.07, 6.45) is 2.98. The number of nitrogens with one attached hydrogen (secondary N) is 1. The number of carbonyl (C=O) groups is 1. The largest absolute Gasteiger partial charge is 0.345 e. The zero-order chi connectivity index (χ0) is 13.9. The van der Waals surface area contributed by atoms with Gasteiger partial charge in [-0.25, -0.2) is 4.39 Å². The van der Waals surface area contributed by atoms with Crippen molar-refractivity contribution in [3.8, 4) is 0 Å². The first kappa shape index (κ1) is 12.9. The highest BCUT2D eigenvalue weighted by atomic mass is 19.1. The number of rotatable bonds is 2. The van der Waals surface area contributed by atoms with Crippen LogP contribution < -0.4 is 5.32 Å². The van der Waals surface area contributed by atoms with E-state index in [2.05, 4.69) is 11.4 Å². The van der Waals surface area contributed by atoms with Gasteiger partial charge in [0.25, 0.3) is 5.91 Å². The number of aryl methyl sites for hydroxylation is 1. The van der Waals surface area contributed by atoms with Crippen molar-refractivity contribution in [1.82, 2.24) is 5.32 Å². The topological polar surface area (TPSA) is 29.1 Å². The minimum Gasteiger partial charge on any atom is -0.345 e. The molecule has 2 nitrogen and oxygen atoms in total. The predicted octanol–water partition coefficient (Wildman–Crippen LogP) is 3.63. The first-order valence-electron chi connectivity index (χ1n) is 6.89. The number of carbonyl (C=O) groups excluding carboxylic acids is 1. The van der Waals surface area contributed by atoms with Crippen LogP contribution in [0.5, 0.6) is 0 Å². The molecule has 2 aromatic rings. The highest BCUT2D eigenvalue weighted by Gasteiger charge is 2.22. The van der Waals surface area contributed by atoms with Crippen LogP contribution in [0.3, 0.4) is 0 Å². The van der Waals surface area contributed by atoms with Crippen molar-refractivity contribution in [1.29, 1.82) is 0 Å². The molecule has 3 rings (SSSR count). The molecule has 0 radical (unpaired) electrons. The van der Waals surface area contributed by atoms with Crippen molar-refractivity contribution in [3.63, 3.8) is 0 Å². The Morgan fingerprint density at radius 2 is 1.85 bits per heavy atom. The normalized spacial score (nSPS) is 17.4. The van der Waals surface area contributed by atoms with E-state index >= 15 is 0 Å². The van der Waals surface area contributed by atoms with E-state index < -0.39 is 5.82 Å². The average Bonchev–Trinajstić information content (AvgIpc) is 2.48. The van der Waals surface area contributed by atoms with Crippen LogP contribution in [-0.2, 0) is 6.42 Å². The summed E-state index contributed by atoms with van der Waals surface area (Å²) in [7, 11) is 0. The molecule has 1 N–H and O–H groups in total. The fourth-order valence-electron chi connectivity index (χ4n) is 2.79. The van der Waals surface area contributed by atoms with Gasteiger partial charge in [0.2, 0.25) is 0 Å². The molecule has 20 heavy (non-hydrogen) atoms. The summed E-state index contributed by atoms with van der Waals surface area (Å²) < 4.78 is 13.6. The van der Waals surface area contributed by atoms with Crippen molar-refractivity contribution in [2.75, 3.05) is 0 Å². The Kier molecular flexibility index (Phi) is 3.50. The van der Waals surface area contributed by atoms with E-state index in [1.54, 1.807) is 12.1 Å². The minimum absolute atomic E-state index is 0.0212. The molecule has 0 saturated carbocycles. The molecule has 1 aliphatic rings. The molecule has 3 heteroatoms. The zero-order valence-corrected chi connectivity index (χ0v) is 11.1. The van der Waals surface area contributed by atoms with Gasteiger partial charge in [-0.15, -0.1) is 0 Å². The van der Waals surface area contributed by atoms with E-state index in [1.807, 2.05) is 18.2 Å². The van der Waals surface area contributed by atoms with Crippen LogP contribution >= 0.6 is 0 Å². The second kappa shape index (κ2) is 5.45. The third-order valence-corrected chi connectivity index (χ3v) is 3.79. The summed E-state index contributed by atoms with van der Waals surface area (Å²) >= 11 is 0. The summed E-state index contributed by atoms with van der Waals surface area (Å²) in [5.41, 5.74) is 2.54. The molecular weight excluding hydrogens is 253 g/mol. The Labute approximate surface area is 117 Å². The van der Waals surface area contributed by atoms with Crippen LogP contribution in [0.4, 0.5) is 4.39 Å². The summed E-state index contributed by atoms with van der Waals surface area (Å²) in [4.78, 5) is 12.2. The average molecular weight is 269 g/mol. The Bertz CT molecular complexity index is 638. The van der Waals surface area contributed by atoms with Crippen molar-refractivity contribution < 1.29 is 9.18 Å². The first-order valence-corrected chi connectivity index (χ1v) is 6.89. The number of halogens is 1. The molecule has 0 heterocycles. The van der Waals surface area contributed by atoms with Gasteiger partial charge in [-0.05, 0) is 42.5 Å². The van der Waals surface area contributed by atoms with Gasteiger partial charge in [-0.1, -0.05) is 36.4 Å². The van der Waals surface area contributed by atoms with Crippen LogP contribution in [-0.4, -0.2) is 5.91 Å². The highest BCUT2D eigenvalue weighted by Crippen LogP contribution is 2.29. The standard InChI is InChI=1S/C17H16FNO/c18-15-10-4-3-9-14(15)17(20)19-16-11-5-7-12-6-1-2-8-13(12)16/h1-4,6,8-10,16H,5,7,11H2,(H,19,20). The molecular formula is C17H16FNO. The zero-order valence-electron chi connectivity index (χ0n) is 11.1. The fraction of sp³-hybridized carbons (Fsp3) is 0.235. The second-order valence-electron chi connectivity index (χ2n) is 5.10. The monoisotopic (exact) mass is 269 g/mol. The van der Waals surface area contributed by atoms with E-state index in [1.165, 1.54) is 17.7 Å². The van der Waals surface area contributed by atoms with Gasteiger partial charge < -0.3 is 5.32 Å². The lowest BCUT2D eigenvalue weighted by molar-refractivity contribution is 0.0928. The third-order valence-electron chi connectivity index (χ3n) is 3.79. The second-order valence-corrected chi connectivity index (χ2v) is 5.10. The van der Waals surface area contributed by atoms with E-state index in [0.29, 0.717) is 0 Å². The van der Waals surface area contributed by atoms with Crippen LogP contribution in [0.25, 0.3) is 0 Å². The van der Waals surface area contributed by atoms with Crippen LogP contribution in [0, 0.1) is 5.82 Å². The van der Waals surface area contributed by atoms with Crippen molar-refractivity contribution in [2.45, 2.75) is 25.3 Å². The lowest BCUT2D eigenvalue weighted by Gasteiger charge is -2.26. The molecule has 1 aliphatic carbocycles. The van der Waals surface area contributed by atoms with E-state index in [4.69, 9.17) is 0 Å². The predicted molar refractivity (Wildman–Crippen MR) is 76.0 cm³/mol. The summed E-state index contributed by atoms with van der Waals surface area (Å²) in [6.45, 7) is 0. The molecule has 0 bridgehead atoms. The van der Waals surface area contributed by atoms with Gasteiger partial charge in [0.15, 0.2) is 0 Å². The fourth-order valence-corrected chi connectivity index (χ4v) is 2.79. The molecule has 1 atom stereocenters. The molecule has 0 spiro atoms. The Morgan fingerprint density at radius 3 is 2.70 bits per heavy atom. The maximum Gasteiger partial charge on any atom is 0.254 e. The van der Waals surface area contributed by atoms with Crippen LogP contribution in [0.15, 0.2) is 48.5 Å². The van der Waals surface area contributed by atoms with Gasteiger partial charge in [0.1, 0.15) is 5.82 Å². The number of amides is 1.